The van der Waals surface area contributed by atoms with E-state index in [-0.39, 0.29) is 12.1 Å². The van der Waals surface area contributed by atoms with Crippen molar-refractivity contribution in [3.8, 4) is 0 Å². The van der Waals surface area contributed by atoms with Crippen LogP contribution in [0.1, 0.15) is 38.9 Å². The molecule has 0 saturated heterocycles. The Morgan fingerprint density at radius 1 is 1.14 bits per heavy atom. The summed E-state index contributed by atoms with van der Waals surface area (Å²) in [5, 5.41) is 3.82. The van der Waals surface area contributed by atoms with Gasteiger partial charge in [-0.2, -0.15) is 13.2 Å². The van der Waals surface area contributed by atoms with Crippen molar-refractivity contribution in [3.05, 3.63) is 34.9 Å². The van der Waals surface area contributed by atoms with E-state index in [2.05, 4.69) is 5.32 Å². The zero-order valence-corrected chi connectivity index (χ0v) is 13.2. The van der Waals surface area contributed by atoms with Crippen molar-refractivity contribution in [2.75, 3.05) is 13.2 Å². The van der Waals surface area contributed by atoms with Crippen LogP contribution < -0.4 is 5.32 Å². The Morgan fingerprint density at radius 2 is 1.71 bits per heavy atom. The van der Waals surface area contributed by atoms with E-state index < -0.39 is 18.7 Å². The zero-order chi connectivity index (χ0) is 16.1. The first-order chi connectivity index (χ1) is 9.57. The van der Waals surface area contributed by atoms with Gasteiger partial charge in [0.1, 0.15) is 0 Å². The van der Waals surface area contributed by atoms with E-state index in [1.165, 1.54) is 0 Å². The number of ether oxygens (including phenoxy) is 1. The van der Waals surface area contributed by atoms with Gasteiger partial charge in [-0.05, 0) is 38.5 Å². The molecule has 0 radical (unpaired) electrons. The smallest absolute Gasteiger partial charge is 0.372 e. The number of nitrogens with one attached hydrogen (secondary N) is 1. The van der Waals surface area contributed by atoms with Gasteiger partial charge in [-0.25, -0.2) is 0 Å². The minimum atomic E-state index is -4.21. The van der Waals surface area contributed by atoms with Crippen molar-refractivity contribution in [3.63, 3.8) is 0 Å². The maximum Gasteiger partial charge on any atom is 0.391 e. The zero-order valence-electron chi connectivity index (χ0n) is 12.4. The van der Waals surface area contributed by atoms with Crippen molar-refractivity contribution in [1.29, 1.82) is 0 Å². The molecular formula is C15H21ClF3NO. The fourth-order valence-corrected chi connectivity index (χ4v) is 1.79. The van der Waals surface area contributed by atoms with Crippen LogP contribution in [0.3, 0.4) is 0 Å². The van der Waals surface area contributed by atoms with Crippen molar-refractivity contribution >= 4 is 11.6 Å². The second kappa shape index (κ2) is 7.47. The van der Waals surface area contributed by atoms with Gasteiger partial charge in [0.15, 0.2) is 0 Å². The van der Waals surface area contributed by atoms with Gasteiger partial charge in [0.25, 0.3) is 0 Å². The Kier molecular flexibility index (Phi) is 6.50. The van der Waals surface area contributed by atoms with Gasteiger partial charge in [0.05, 0.1) is 19.1 Å². The molecule has 2 nitrogen and oxygen atoms in total. The molecule has 0 heterocycles. The molecule has 1 aromatic rings. The molecule has 1 N–H and O–H groups in total. The Hall–Kier alpha value is -0.780. The number of alkyl halides is 3. The van der Waals surface area contributed by atoms with Gasteiger partial charge in [-0.15, -0.1) is 0 Å². The maximum atomic E-state index is 12.2. The molecule has 0 amide bonds. The van der Waals surface area contributed by atoms with Crippen molar-refractivity contribution in [2.45, 2.75) is 45.0 Å². The van der Waals surface area contributed by atoms with Crippen molar-refractivity contribution < 1.29 is 17.9 Å². The number of halogens is 4. The molecule has 0 aliphatic rings. The summed E-state index contributed by atoms with van der Waals surface area (Å²) in [5.41, 5.74) is 0.663. The first-order valence-electron chi connectivity index (χ1n) is 6.76. The van der Waals surface area contributed by atoms with Gasteiger partial charge in [-0.1, -0.05) is 23.7 Å². The van der Waals surface area contributed by atoms with Crippen LogP contribution >= 0.6 is 11.6 Å². The lowest BCUT2D eigenvalue weighted by atomic mass is 10.1. The van der Waals surface area contributed by atoms with E-state index >= 15 is 0 Å². The standard InChI is InChI=1S/C15H21ClF3NO/c1-14(2,3)20-10-13(21-9-8-15(17,18)19)11-4-6-12(16)7-5-11/h4-7,13,20H,8-10H2,1-3H3. The molecule has 0 bridgehead atoms. The molecule has 0 spiro atoms. The third kappa shape index (κ3) is 8.29. The first kappa shape index (κ1) is 18.3. The van der Waals surface area contributed by atoms with E-state index in [0.717, 1.165) is 5.56 Å². The highest BCUT2D eigenvalue weighted by molar-refractivity contribution is 6.30. The molecule has 21 heavy (non-hydrogen) atoms. The summed E-state index contributed by atoms with van der Waals surface area (Å²) < 4.78 is 42.1. The monoisotopic (exact) mass is 323 g/mol. The van der Waals surface area contributed by atoms with Gasteiger partial charge < -0.3 is 10.1 Å². The van der Waals surface area contributed by atoms with Crippen LogP contribution in [0.2, 0.25) is 5.02 Å². The van der Waals surface area contributed by atoms with Crippen molar-refractivity contribution in [1.82, 2.24) is 5.32 Å². The van der Waals surface area contributed by atoms with Crippen LogP contribution in [0, 0.1) is 0 Å². The third-order valence-corrected chi connectivity index (χ3v) is 3.02. The number of hydrogen-bond donors (Lipinski definition) is 1. The summed E-state index contributed by atoms with van der Waals surface area (Å²) in [6, 6.07) is 6.94. The molecule has 0 aliphatic carbocycles. The largest absolute Gasteiger partial charge is 0.391 e. The topological polar surface area (TPSA) is 21.3 Å². The van der Waals surface area contributed by atoms with Crippen LogP contribution in [0.25, 0.3) is 0 Å². The summed E-state index contributed by atoms with van der Waals surface area (Å²) in [7, 11) is 0. The van der Waals surface area contributed by atoms with E-state index in [1.54, 1.807) is 24.3 Å². The van der Waals surface area contributed by atoms with E-state index in [9.17, 15) is 13.2 Å². The van der Waals surface area contributed by atoms with Crippen LogP contribution in [0.4, 0.5) is 13.2 Å². The fourth-order valence-electron chi connectivity index (χ4n) is 1.67. The Morgan fingerprint density at radius 3 is 2.19 bits per heavy atom. The first-order valence-corrected chi connectivity index (χ1v) is 7.13. The minimum Gasteiger partial charge on any atom is -0.372 e. The Labute approximate surface area is 128 Å². The third-order valence-electron chi connectivity index (χ3n) is 2.76. The molecular weight excluding hydrogens is 303 g/mol. The summed E-state index contributed by atoms with van der Waals surface area (Å²) in [5.74, 6) is 0. The molecule has 120 valence electrons. The van der Waals surface area contributed by atoms with Gasteiger partial charge in [0, 0.05) is 17.1 Å². The molecule has 1 rings (SSSR count). The van der Waals surface area contributed by atoms with Crippen LogP contribution in [0.15, 0.2) is 24.3 Å². The summed E-state index contributed by atoms with van der Waals surface area (Å²) >= 11 is 5.83. The highest BCUT2D eigenvalue weighted by Gasteiger charge is 2.27. The number of benzene rings is 1. The van der Waals surface area contributed by atoms with Crippen LogP contribution in [-0.2, 0) is 4.74 Å². The number of rotatable bonds is 6. The van der Waals surface area contributed by atoms with Gasteiger partial charge >= 0.3 is 6.18 Å². The normalized spacial score (nSPS) is 14.2. The summed E-state index contributed by atoms with van der Waals surface area (Å²) in [6.45, 7) is 6.04. The minimum absolute atomic E-state index is 0.141. The lowest BCUT2D eigenvalue weighted by molar-refractivity contribution is -0.149. The van der Waals surface area contributed by atoms with Gasteiger partial charge in [0.2, 0.25) is 0 Å². The van der Waals surface area contributed by atoms with E-state index in [0.29, 0.717) is 11.6 Å². The fraction of sp³-hybridized carbons (Fsp3) is 0.600. The average molecular weight is 324 g/mol. The molecule has 0 aromatic heterocycles. The Bertz CT molecular complexity index is 426. The molecule has 0 fully saturated rings. The number of hydrogen-bond acceptors (Lipinski definition) is 2. The van der Waals surface area contributed by atoms with Crippen molar-refractivity contribution in [2.24, 2.45) is 0 Å². The lowest BCUT2D eigenvalue weighted by Gasteiger charge is -2.26. The second-order valence-electron chi connectivity index (χ2n) is 5.91. The molecule has 1 aromatic carbocycles. The van der Waals surface area contributed by atoms with E-state index in [1.807, 2.05) is 20.8 Å². The highest BCUT2D eigenvalue weighted by Crippen LogP contribution is 2.24. The highest BCUT2D eigenvalue weighted by atomic mass is 35.5. The quantitative estimate of drug-likeness (QED) is 0.816. The van der Waals surface area contributed by atoms with Crippen LogP contribution in [0.5, 0.6) is 0 Å². The second-order valence-corrected chi connectivity index (χ2v) is 6.34. The predicted octanol–water partition coefficient (Wildman–Crippen LogP) is 4.74. The van der Waals surface area contributed by atoms with Crippen LogP contribution in [-0.4, -0.2) is 24.9 Å². The van der Waals surface area contributed by atoms with Gasteiger partial charge in [-0.3, -0.25) is 0 Å². The summed E-state index contributed by atoms with van der Waals surface area (Å²) in [4.78, 5) is 0. The SMILES string of the molecule is CC(C)(C)NCC(OCCC(F)(F)F)c1ccc(Cl)cc1. The predicted molar refractivity (Wildman–Crippen MR) is 78.6 cm³/mol. The average Bonchev–Trinajstić information content (AvgIpc) is 2.32. The van der Waals surface area contributed by atoms with E-state index in [4.69, 9.17) is 16.3 Å². The molecule has 1 unspecified atom stereocenters. The molecule has 0 aliphatic heterocycles. The molecule has 1 atom stereocenters. The summed E-state index contributed by atoms with van der Waals surface area (Å²) in [6.07, 6.45) is -5.60. The molecule has 6 heteroatoms. The Balaban J connectivity index is 2.67. The molecule has 0 saturated carbocycles. The maximum absolute atomic E-state index is 12.2. The lowest BCUT2D eigenvalue weighted by Crippen LogP contribution is -2.39.